The maximum Gasteiger partial charge on any atom is 0.116 e. The van der Waals surface area contributed by atoms with E-state index in [-0.39, 0.29) is 5.75 Å². The van der Waals surface area contributed by atoms with Gasteiger partial charge in [0.05, 0.1) is 11.0 Å². The molecule has 4 aromatic rings. The average Bonchev–Trinajstić information content (AvgIpc) is 2.94. The van der Waals surface area contributed by atoms with Gasteiger partial charge in [-0.1, -0.05) is 19.1 Å². The molecule has 2 aromatic heterocycles. The minimum atomic E-state index is 0.288. The van der Waals surface area contributed by atoms with Gasteiger partial charge in [0.15, 0.2) is 0 Å². The molecule has 0 radical (unpaired) electrons. The molecule has 5 heteroatoms. The summed E-state index contributed by atoms with van der Waals surface area (Å²) in [7, 11) is 4.21. The molecule has 0 saturated heterocycles. The van der Waals surface area contributed by atoms with Gasteiger partial charge in [-0.05, 0) is 61.5 Å². The molecule has 2 aromatic carbocycles. The smallest absolute Gasteiger partial charge is 0.116 e. The van der Waals surface area contributed by atoms with E-state index in [0.29, 0.717) is 5.92 Å². The highest BCUT2D eigenvalue weighted by Gasteiger charge is 2.16. The number of phenols is 1. The van der Waals surface area contributed by atoms with Crippen LogP contribution in [0.3, 0.4) is 0 Å². The highest BCUT2D eigenvalue weighted by molar-refractivity contribution is 6.21. The topological polar surface area (TPSA) is 53.3 Å². The molecule has 0 saturated carbocycles. The number of aryl methyl sites for hydroxylation is 1. The highest BCUT2D eigenvalue weighted by Crippen LogP contribution is 2.36. The summed E-state index contributed by atoms with van der Waals surface area (Å²) < 4.78 is 2.21. The van der Waals surface area contributed by atoms with Crippen LogP contribution in [0.25, 0.3) is 32.6 Å². The van der Waals surface area contributed by atoms with E-state index in [9.17, 15) is 5.11 Å². The molecule has 0 aliphatic carbocycles. The van der Waals surface area contributed by atoms with Gasteiger partial charge in [-0.25, -0.2) is 0 Å². The number of hydrogen-bond donors (Lipinski definition) is 2. The maximum atomic E-state index is 9.85. The summed E-state index contributed by atoms with van der Waals surface area (Å²) in [6, 6.07) is 9.75. The van der Waals surface area contributed by atoms with E-state index in [1.165, 1.54) is 5.39 Å². The van der Waals surface area contributed by atoms with Crippen molar-refractivity contribution in [2.75, 3.05) is 32.6 Å². The third kappa shape index (κ3) is 3.08. The molecule has 2 N–H and O–H groups in total. The van der Waals surface area contributed by atoms with Gasteiger partial charge in [-0.15, -0.1) is 0 Å². The number of nitrogens with zero attached hydrogens (tertiary/aromatic N) is 3. The second kappa shape index (κ2) is 6.74. The van der Waals surface area contributed by atoms with Crippen molar-refractivity contribution < 1.29 is 5.11 Å². The second-order valence-corrected chi connectivity index (χ2v) is 7.78. The van der Waals surface area contributed by atoms with E-state index in [2.05, 4.69) is 60.1 Å². The van der Waals surface area contributed by atoms with Crippen LogP contribution >= 0.6 is 0 Å². The molecular weight excluding hydrogens is 336 g/mol. The first-order chi connectivity index (χ1) is 13.0. The SMILES string of the molecule is Cc1cncc2c3c4ccc(O)cc4ccc3n(NCC(C)CN(C)C)c12. The van der Waals surface area contributed by atoms with Crippen molar-refractivity contribution in [2.24, 2.45) is 5.92 Å². The molecule has 1 atom stereocenters. The van der Waals surface area contributed by atoms with Crippen molar-refractivity contribution in [3.8, 4) is 5.75 Å². The van der Waals surface area contributed by atoms with Crippen LogP contribution in [-0.2, 0) is 0 Å². The number of aromatic nitrogens is 2. The van der Waals surface area contributed by atoms with Crippen LogP contribution in [0.4, 0.5) is 0 Å². The molecule has 0 amide bonds. The lowest BCUT2D eigenvalue weighted by Gasteiger charge is -2.19. The fraction of sp³-hybridized carbons (Fsp3) is 0.318. The Morgan fingerprint density at radius 1 is 1.15 bits per heavy atom. The number of aromatic hydroxyl groups is 1. The largest absolute Gasteiger partial charge is 0.508 e. The van der Waals surface area contributed by atoms with Crippen LogP contribution in [-0.4, -0.2) is 46.9 Å². The second-order valence-electron chi connectivity index (χ2n) is 7.78. The van der Waals surface area contributed by atoms with E-state index >= 15 is 0 Å². The molecule has 27 heavy (non-hydrogen) atoms. The van der Waals surface area contributed by atoms with E-state index < -0.39 is 0 Å². The Bertz CT molecular complexity index is 1130. The molecular formula is C22H26N4O. The number of pyridine rings is 1. The van der Waals surface area contributed by atoms with Crippen LogP contribution in [0.5, 0.6) is 5.75 Å². The molecule has 1 unspecified atom stereocenters. The third-order valence-corrected chi connectivity index (χ3v) is 5.09. The predicted octanol–water partition coefficient (Wildman–Crippen LogP) is 4.10. The van der Waals surface area contributed by atoms with E-state index in [0.717, 1.165) is 45.8 Å². The van der Waals surface area contributed by atoms with Crippen molar-refractivity contribution in [3.05, 3.63) is 48.3 Å². The molecule has 0 aliphatic rings. The first kappa shape index (κ1) is 17.6. The summed E-state index contributed by atoms with van der Waals surface area (Å²) in [5.74, 6) is 0.808. The Labute approximate surface area is 159 Å². The number of hydrogen-bond acceptors (Lipinski definition) is 4. The Morgan fingerprint density at radius 3 is 2.74 bits per heavy atom. The zero-order chi connectivity index (χ0) is 19.1. The molecule has 140 valence electrons. The lowest BCUT2D eigenvalue weighted by Crippen LogP contribution is -2.28. The van der Waals surface area contributed by atoms with Crippen molar-refractivity contribution >= 4 is 32.6 Å². The minimum Gasteiger partial charge on any atom is -0.508 e. The summed E-state index contributed by atoms with van der Waals surface area (Å²) in [6.07, 6.45) is 3.86. The van der Waals surface area contributed by atoms with Crippen LogP contribution < -0.4 is 5.43 Å². The summed E-state index contributed by atoms with van der Waals surface area (Å²) in [4.78, 5) is 6.65. The number of rotatable bonds is 5. The molecule has 5 nitrogen and oxygen atoms in total. The first-order valence-electron chi connectivity index (χ1n) is 9.34. The van der Waals surface area contributed by atoms with Crippen molar-refractivity contribution in [2.45, 2.75) is 13.8 Å². The average molecular weight is 362 g/mol. The van der Waals surface area contributed by atoms with E-state index in [1.807, 2.05) is 24.5 Å². The molecule has 0 spiro atoms. The maximum absolute atomic E-state index is 9.85. The predicted molar refractivity (Wildman–Crippen MR) is 113 cm³/mol. The number of phenolic OH excluding ortho intramolecular Hbond substituents is 1. The molecule has 0 fully saturated rings. The van der Waals surface area contributed by atoms with Crippen LogP contribution in [0.2, 0.25) is 0 Å². The summed E-state index contributed by atoms with van der Waals surface area (Å²) in [5, 5.41) is 14.3. The highest BCUT2D eigenvalue weighted by atomic mass is 16.3. The molecule has 0 aliphatic heterocycles. The van der Waals surface area contributed by atoms with Gasteiger partial charge in [0.1, 0.15) is 5.75 Å². The van der Waals surface area contributed by atoms with Gasteiger partial charge in [-0.3, -0.25) is 9.66 Å². The Hall–Kier alpha value is -2.79. The zero-order valence-electron chi connectivity index (χ0n) is 16.3. The summed E-state index contributed by atoms with van der Waals surface area (Å²) in [6.45, 7) is 6.27. The lowest BCUT2D eigenvalue weighted by atomic mass is 10.0. The van der Waals surface area contributed by atoms with Crippen molar-refractivity contribution in [1.82, 2.24) is 14.6 Å². The van der Waals surface area contributed by atoms with Gasteiger partial charge < -0.3 is 15.4 Å². The summed E-state index contributed by atoms with van der Waals surface area (Å²) in [5.41, 5.74) is 7.09. The van der Waals surface area contributed by atoms with Gasteiger partial charge in [0.25, 0.3) is 0 Å². The molecule has 4 rings (SSSR count). The Balaban J connectivity index is 1.92. The Morgan fingerprint density at radius 2 is 1.96 bits per heavy atom. The zero-order valence-corrected chi connectivity index (χ0v) is 16.3. The quantitative estimate of drug-likeness (QED) is 0.561. The fourth-order valence-electron chi connectivity index (χ4n) is 4.03. The standard InChI is InChI=1S/C22H26N4O/c1-14(13-25(3)4)10-24-26-20-8-5-16-9-17(27)6-7-18(16)21(20)19-12-23-11-15(2)22(19)26/h5-9,11-12,14,24,27H,10,13H2,1-4H3. The van der Waals surface area contributed by atoms with Crippen molar-refractivity contribution in [1.29, 1.82) is 0 Å². The van der Waals surface area contributed by atoms with Crippen LogP contribution in [0, 0.1) is 12.8 Å². The molecule has 2 heterocycles. The van der Waals surface area contributed by atoms with E-state index in [4.69, 9.17) is 0 Å². The number of benzene rings is 2. The van der Waals surface area contributed by atoms with E-state index in [1.54, 1.807) is 6.07 Å². The third-order valence-electron chi connectivity index (χ3n) is 5.09. The minimum absolute atomic E-state index is 0.288. The van der Waals surface area contributed by atoms with Crippen molar-refractivity contribution in [3.63, 3.8) is 0 Å². The number of fused-ring (bicyclic) bond motifs is 5. The fourth-order valence-corrected chi connectivity index (χ4v) is 4.03. The van der Waals surface area contributed by atoms with Gasteiger partial charge >= 0.3 is 0 Å². The lowest BCUT2D eigenvalue weighted by molar-refractivity contribution is 0.344. The van der Waals surface area contributed by atoms with Gasteiger partial charge in [0, 0.05) is 36.3 Å². The Kier molecular flexibility index (Phi) is 4.40. The molecule has 0 bridgehead atoms. The van der Waals surface area contributed by atoms with Gasteiger partial charge in [0.2, 0.25) is 0 Å². The summed E-state index contributed by atoms with van der Waals surface area (Å²) >= 11 is 0. The van der Waals surface area contributed by atoms with Crippen LogP contribution in [0.1, 0.15) is 12.5 Å². The first-order valence-corrected chi connectivity index (χ1v) is 9.34. The van der Waals surface area contributed by atoms with Gasteiger partial charge in [-0.2, -0.15) is 0 Å². The normalized spacial score (nSPS) is 13.1. The van der Waals surface area contributed by atoms with Crippen LogP contribution in [0.15, 0.2) is 42.7 Å². The monoisotopic (exact) mass is 362 g/mol. The number of nitrogens with one attached hydrogen (secondary N) is 1.